The van der Waals surface area contributed by atoms with Gasteiger partial charge in [-0.25, -0.2) is 5.43 Å². The largest absolute Gasteiger partial charge is 0.495 e. The molecule has 1 aliphatic rings. The normalized spacial score (nSPS) is 19.0. The van der Waals surface area contributed by atoms with E-state index < -0.39 is 0 Å². The maximum absolute atomic E-state index is 12.8. The van der Waals surface area contributed by atoms with E-state index in [0.29, 0.717) is 23.7 Å². The first-order valence-corrected chi connectivity index (χ1v) is 8.38. The first kappa shape index (κ1) is 17.9. The van der Waals surface area contributed by atoms with E-state index in [1.807, 2.05) is 30.3 Å². The van der Waals surface area contributed by atoms with Crippen LogP contribution in [-0.2, 0) is 9.59 Å². The summed E-state index contributed by atoms with van der Waals surface area (Å²) in [5, 5.41) is 5.62. The molecule has 0 saturated carbocycles. The average Bonchev–Trinajstić information content (AvgIpc) is 3.12. The lowest BCUT2D eigenvalue weighted by atomic mass is 9.94. The highest BCUT2D eigenvalue weighted by molar-refractivity contribution is 5.96. The molecule has 2 aromatic carbocycles. The molecule has 0 radical (unpaired) electrons. The van der Waals surface area contributed by atoms with E-state index in [2.05, 4.69) is 21.5 Å². The number of carbonyl (C=O) groups excluding carboxylic acids is 2. The molecule has 1 heterocycles. The Hall–Kier alpha value is -2.90. The van der Waals surface area contributed by atoms with Gasteiger partial charge in [-0.2, -0.15) is 0 Å². The summed E-state index contributed by atoms with van der Waals surface area (Å²) in [6.45, 7) is 1.95. The van der Waals surface area contributed by atoms with Crippen molar-refractivity contribution >= 4 is 23.2 Å². The topological polar surface area (TPSA) is 91.5 Å². The van der Waals surface area contributed by atoms with Gasteiger partial charge in [0.1, 0.15) is 5.75 Å². The Morgan fingerprint density at radius 2 is 1.88 bits per heavy atom. The number of carbonyl (C=O) groups is 2. The van der Waals surface area contributed by atoms with Crippen LogP contribution < -0.4 is 26.2 Å². The van der Waals surface area contributed by atoms with Crippen LogP contribution in [0.4, 0.5) is 11.4 Å². The summed E-state index contributed by atoms with van der Waals surface area (Å²) >= 11 is 0. The molecule has 3 rings (SSSR count). The third kappa shape index (κ3) is 4.01. The lowest BCUT2D eigenvalue weighted by molar-refractivity contribution is -0.119. The minimum absolute atomic E-state index is 0.102. The number of nitrogens with one attached hydrogen (secondary N) is 4. The quantitative estimate of drug-likeness (QED) is 0.660. The number of ether oxygens (including phenoxy) is 1. The molecular weight excluding hydrogens is 332 g/mol. The van der Waals surface area contributed by atoms with Gasteiger partial charge in [0.15, 0.2) is 0 Å². The van der Waals surface area contributed by atoms with Crippen LogP contribution in [0.2, 0.25) is 0 Å². The molecule has 2 aromatic rings. The lowest BCUT2D eigenvalue weighted by Gasteiger charge is -2.19. The number of methoxy groups -OCH3 is 1. The summed E-state index contributed by atoms with van der Waals surface area (Å²) in [6.07, 6.45) is 0. The van der Waals surface area contributed by atoms with Gasteiger partial charge in [0.25, 0.3) is 0 Å². The van der Waals surface area contributed by atoms with Gasteiger partial charge in [-0.05, 0) is 23.8 Å². The third-order valence-corrected chi connectivity index (χ3v) is 4.26. The Morgan fingerprint density at radius 1 is 1.12 bits per heavy atom. The Bertz CT molecular complexity index is 795. The molecule has 0 spiro atoms. The molecule has 7 nitrogen and oxygen atoms in total. The summed E-state index contributed by atoms with van der Waals surface area (Å²) in [4.78, 5) is 24.1. The highest BCUT2D eigenvalue weighted by Gasteiger charge is 2.33. The molecule has 2 unspecified atom stereocenters. The first-order valence-electron chi connectivity index (χ1n) is 8.38. The van der Waals surface area contributed by atoms with Gasteiger partial charge in [0, 0.05) is 19.2 Å². The molecular formula is C19H22N4O3. The van der Waals surface area contributed by atoms with Crippen molar-refractivity contribution in [3.63, 3.8) is 0 Å². The average molecular weight is 354 g/mol. The van der Waals surface area contributed by atoms with Crippen LogP contribution in [-0.4, -0.2) is 25.5 Å². The van der Waals surface area contributed by atoms with Gasteiger partial charge < -0.3 is 15.4 Å². The molecule has 0 aromatic heterocycles. The van der Waals surface area contributed by atoms with E-state index in [-0.39, 0.29) is 23.8 Å². The van der Waals surface area contributed by atoms with Crippen LogP contribution in [0.3, 0.4) is 0 Å². The van der Waals surface area contributed by atoms with Crippen LogP contribution in [0.25, 0.3) is 0 Å². The fourth-order valence-electron chi connectivity index (χ4n) is 3.03. The van der Waals surface area contributed by atoms with E-state index in [1.54, 1.807) is 18.2 Å². The fraction of sp³-hybridized carbons (Fsp3) is 0.263. The highest BCUT2D eigenvalue weighted by Crippen LogP contribution is 2.30. The standard InChI is InChI=1S/C19H22N4O3/c1-12(24)21-16-10-14(8-9-17(16)26-2)22-19(25)15-11-20-23-18(15)13-6-4-3-5-7-13/h3-10,15,18,20,23H,11H2,1-2H3,(H,21,24)(H,22,25). The van der Waals surface area contributed by atoms with Crippen molar-refractivity contribution in [1.29, 1.82) is 0 Å². The van der Waals surface area contributed by atoms with Crippen molar-refractivity contribution in [1.82, 2.24) is 10.9 Å². The first-order chi connectivity index (χ1) is 12.6. The molecule has 0 aliphatic carbocycles. The highest BCUT2D eigenvalue weighted by atomic mass is 16.5. The summed E-state index contributed by atoms with van der Waals surface area (Å²) in [7, 11) is 1.53. The molecule has 7 heteroatoms. The van der Waals surface area contributed by atoms with E-state index in [4.69, 9.17) is 4.74 Å². The maximum atomic E-state index is 12.8. The van der Waals surface area contributed by atoms with Gasteiger partial charge in [-0.15, -0.1) is 0 Å². The van der Waals surface area contributed by atoms with E-state index >= 15 is 0 Å². The van der Waals surface area contributed by atoms with Crippen LogP contribution >= 0.6 is 0 Å². The molecule has 1 fully saturated rings. The molecule has 1 aliphatic heterocycles. The van der Waals surface area contributed by atoms with Crippen LogP contribution in [0, 0.1) is 5.92 Å². The molecule has 4 N–H and O–H groups in total. The number of amides is 2. The zero-order chi connectivity index (χ0) is 18.5. The fourth-order valence-corrected chi connectivity index (χ4v) is 3.03. The summed E-state index contributed by atoms with van der Waals surface area (Å²) in [6, 6.07) is 14.9. The predicted octanol–water partition coefficient (Wildman–Crippen LogP) is 2.06. The second kappa shape index (κ2) is 7.99. The van der Waals surface area contributed by atoms with Gasteiger partial charge in [0.2, 0.25) is 11.8 Å². The van der Waals surface area contributed by atoms with E-state index in [9.17, 15) is 9.59 Å². The van der Waals surface area contributed by atoms with Crippen LogP contribution in [0.5, 0.6) is 5.75 Å². The molecule has 2 atom stereocenters. The van der Waals surface area contributed by atoms with Crippen molar-refractivity contribution < 1.29 is 14.3 Å². The maximum Gasteiger partial charge on any atom is 0.230 e. The van der Waals surface area contributed by atoms with Crippen molar-refractivity contribution in [3.05, 3.63) is 54.1 Å². The zero-order valence-corrected chi connectivity index (χ0v) is 14.7. The summed E-state index contributed by atoms with van der Waals surface area (Å²) in [5.41, 5.74) is 8.37. The zero-order valence-electron chi connectivity index (χ0n) is 14.7. The Morgan fingerprint density at radius 3 is 2.58 bits per heavy atom. The van der Waals surface area contributed by atoms with Gasteiger partial charge in [0.05, 0.1) is 24.8 Å². The van der Waals surface area contributed by atoms with Crippen LogP contribution in [0.1, 0.15) is 18.5 Å². The van der Waals surface area contributed by atoms with Gasteiger partial charge >= 0.3 is 0 Å². The monoisotopic (exact) mass is 354 g/mol. The third-order valence-electron chi connectivity index (χ3n) is 4.26. The van der Waals surface area contributed by atoms with Crippen molar-refractivity contribution in [2.45, 2.75) is 13.0 Å². The second-order valence-electron chi connectivity index (χ2n) is 6.11. The van der Waals surface area contributed by atoms with E-state index in [1.165, 1.54) is 14.0 Å². The Balaban J connectivity index is 1.76. The molecule has 26 heavy (non-hydrogen) atoms. The number of anilines is 2. The van der Waals surface area contributed by atoms with Gasteiger partial charge in [-0.1, -0.05) is 30.3 Å². The summed E-state index contributed by atoms with van der Waals surface area (Å²) in [5.74, 6) is -0.0383. The van der Waals surface area contributed by atoms with Crippen LogP contribution in [0.15, 0.2) is 48.5 Å². The van der Waals surface area contributed by atoms with Gasteiger partial charge in [-0.3, -0.25) is 15.0 Å². The Kier molecular flexibility index (Phi) is 5.50. The molecule has 1 saturated heterocycles. The van der Waals surface area contributed by atoms with Crippen molar-refractivity contribution in [3.8, 4) is 5.75 Å². The number of benzene rings is 2. The number of hydrogen-bond acceptors (Lipinski definition) is 5. The Labute approximate surface area is 152 Å². The second-order valence-corrected chi connectivity index (χ2v) is 6.11. The van der Waals surface area contributed by atoms with Crippen molar-refractivity contribution in [2.75, 3.05) is 24.3 Å². The minimum Gasteiger partial charge on any atom is -0.495 e. The minimum atomic E-state index is -0.260. The number of hydrazine groups is 1. The van der Waals surface area contributed by atoms with E-state index in [0.717, 1.165) is 5.56 Å². The molecule has 136 valence electrons. The summed E-state index contributed by atoms with van der Waals surface area (Å²) < 4.78 is 5.23. The van der Waals surface area contributed by atoms with Crippen molar-refractivity contribution in [2.24, 2.45) is 5.92 Å². The number of rotatable bonds is 5. The predicted molar refractivity (Wildman–Crippen MR) is 99.7 cm³/mol. The molecule has 2 amide bonds. The smallest absolute Gasteiger partial charge is 0.230 e. The molecule has 0 bridgehead atoms. The lowest BCUT2D eigenvalue weighted by Crippen LogP contribution is -2.29. The SMILES string of the molecule is COc1ccc(NC(=O)C2CNNC2c2ccccc2)cc1NC(C)=O. The number of hydrogen-bond donors (Lipinski definition) is 4.